The van der Waals surface area contributed by atoms with E-state index in [0.29, 0.717) is 5.91 Å². The van der Waals surface area contributed by atoms with Gasteiger partial charge in [0.25, 0.3) is 0 Å². The third-order valence-corrected chi connectivity index (χ3v) is 4.15. The van der Waals surface area contributed by atoms with Crippen LogP contribution in [0.1, 0.15) is 29.8 Å². The molecule has 0 aromatic carbocycles. The van der Waals surface area contributed by atoms with Gasteiger partial charge >= 0.3 is 0 Å². The molecule has 1 aromatic heterocycles. The molecule has 1 amide bonds. The van der Waals surface area contributed by atoms with E-state index in [2.05, 4.69) is 16.4 Å². The fraction of sp³-hybridized carbons (Fsp3) is 0.600. The molecule has 4 nitrogen and oxygen atoms in total. The Morgan fingerprint density at radius 2 is 2.37 bits per heavy atom. The molecule has 0 unspecified atom stereocenters. The van der Waals surface area contributed by atoms with Crippen LogP contribution >= 0.6 is 0 Å². The number of hydrogen-bond donors (Lipinski definition) is 1. The molecular weight excluding hydrogens is 238 g/mol. The lowest BCUT2D eigenvalue weighted by atomic mass is 9.96. The van der Waals surface area contributed by atoms with Gasteiger partial charge in [0.15, 0.2) is 0 Å². The molecule has 0 aliphatic carbocycles. The molecule has 102 valence electrons. The minimum atomic E-state index is 0.175. The van der Waals surface area contributed by atoms with Crippen LogP contribution in [0.3, 0.4) is 0 Å². The Hall–Kier alpha value is -1.42. The first-order chi connectivity index (χ1) is 9.24. The van der Waals surface area contributed by atoms with Gasteiger partial charge in [0, 0.05) is 37.4 Å². The number of hydrogen-bond acceptors (Lipinski definition) is 3. The fourth-order valence-electron chi connectivity index (χ4n) is 3.03. The first-order valence-corrected chi connectivity index (χ1v) is 7.19. The Morgan fingerprint density at radius 3 is 3.16 bits per heavy atom. The summed E-state index contributed by atoms with van der Waals surface area (Å²) >= 11 is 0. The van der Waals surface area contributed by atoms with Gasteiger partial charge in [-0.1, -0.05) is 6.07 Å². The molecule has 0 bridgehead atoms. The van der Waals surface area contributed by atoms with Gasteiger partial charge in [-0.2, -0.15) is 0 Å². The van der Waals surface area contributed by atoms with E-state index < -0.39 is 0 Å². The van der Waals surface area contributed by atoms with E-state index in [1.165, 1.54) is 11.3 Å². The molecule has 0 radical (unpaired) electrons. The predicted octanol–water partition coefficient (Wildman–Crippen LogP) is 1.27. The highest BCUT2D eigenvalue weighted by Gasteiger charge is 2.28. The van der Waals surface area contributed by atoms with Gasteiger partial charge in [0.05, 0.1) is 5.92 Å². The number of nitrogens with one attached hydrogen (secondary N) is 1. The third-order valence-electron chi connectivity index (χ3n) is 4.15. The number of rotatable bonds is 1. The number of aromatic nitrogens is 1. The van der Waals surface area contributed by atoms with E-state index in [9.17, 15) is 4.79 Å². The van der Waals surface area contributed by atoms with Crippen molar-refractivity contribution in [3.05, 3.63) is 29.1 Å². The highest BCUT2D eigenvalue weighted by molar-refractivity contribution is 5.79. The Morgan fingerprint density at radius 1 is 1.47 bits per heavy atom. The van der Waals surface area contributed by atoms with Crippen LogP contribution in [0.15, 0.2) is 12.1 Å². The van der Waals surface area contributed by atoms with Gasteiger partial charge in [-0.15, -0.1) is 0 Å². The minimum Gasteiger partial charge on any atom is -0.338 e. The van der Waals surface area contributed by atoms with E-state index in [-0.39, 0.29) is 5.92 Å². The van der Waals surface area contributed by atoms with E-state index in [1.54, 1.807) is 0 Å². The van der Waals surface area contributed by atoms with Crippen molar-refractivity contribution >= 4 is 5.91 Å². The number of pyridine rings is 1. The summed E-state index contributed by atoms with van der Waals surface area (Å²) in [5.74, 6) is 0.493. The van der Waals surface area contributed by atoms with Crippen LogP contribution < -0.4 is 5.32 Å². The average molecular weight is 259 g/mol. The van der Waals surface area contributed by atoms with Crippen LogP contribution in [0.2, 0.25) is 0 Å². The Kier molecular flexibility index (Phi) is 3.51. The highest BCUT2D eigenvalue weighted by atomic mass is 16.2. The van der Waals surface area contributed by atoms with Crippen LogP contribution in [0.5, 0.6) is 0 Å². The quantitative estimate of drug-likeness (QED) is 0.826. The lowest BCUT2D eigenvalue weighted by molar-refractivity contribution is -0.137. The second kappa shape index (κ2) is 5.29. The lowest BCUT2D eigenvalue weighted by Crippen LogP contribution is -2.45. The molecule has 1 fully saturated rings. The van der Waals surface area contributed by atoms with Crippen molar-refractivity contribution < 1.29 is 4.79 Å². The fourth-order valence-corrected chi connectivity index (χ4v) is 3.03. The van der Waals surface area contributed by atoms with Crippen LogP contribution in [0.4, 0.5) is 0 Å². The molecule has 1 N–H and O–H groups in total. The van der Waals surface area contributed by atoms with Gasteiger partial charge < -0.3 is 10.2 Å². The lowest BCUT2D eigenvalue weighted by Gasteiger charge is -2.33. The second-order valence-electron chi connectivity index (χ2n) is 5.61. The minimum absolute atomic E-state index is 0.175. The molecular formula is C15H21N3O. The van der Waals surface area contributed by atoms with Crippen molar-refractivity contribution in [2.45, 2.75) is 32.7 Å². The van der Waals surface area contributed by atoms with Crippen LogP contribution in [-0.2, 0) is 17.8 Å². The van der Waals surface area contributed by atoms with E-state index in [0.717, 1.165) is 51.1 Å². The summed E-state index contributed by atoms with van der Waals surface area (Å²) in [6.07, 6.45) is 3.03. The summed E-state index contributed by atoms with van der Waals surface area (Å²) in [6.45, 7) is 5.46. The Balaban J connectivity index is 1.71. The topological polar surface area (TPSA) is 45.2 Å². The van der Waals surface area contributed by atoms with Crippen molar-refractivity contribution in [3.63, 3.8) is 0 Å². The molecule has 4 heteroatoms. The van der Waals surface area contributed by atoms with Crippen molar-refractivity contribution in [3.8, 4) is 0 Å². The first-order valence-electron chi connectivity index (χ1n) is 7.19. The number of nitrogens with zero attached hydrogens (tertiary/aromatic N) is 2. The van der Waals surface area contributed by atoms with Gasteiger partial charge in [0.2, 0.25) is 5.91 Å². The zero-order valence-electron chi connectivity index (χ0n) is 11.5. The zero-order valence-corrected chi connectivity index (χ0v) is 11.5. The van der Waals surface area contributed by atoms with E-state index in [4.69, 9.17) is 0 Å². The molecule has 1 aromatic rings. The van der Waals surface area contributed by atoms with Gasteiger partial charge in [-0.25, -0.2) is 0 Å². The monoisotopic (exact) mass is 259 g/mol. The maximum atomic E-state index is 12.5. The van der Waals surface area contributed by atoms with Crippen LogP contribution in [0.25, 0.3) is 0 Å². The number of carbonyl (C=O) groups is 1. The molecule has 3 rings (SSSR count). The molecule has 2 aliphatic heterocycles. The summed E-state index contributed by atoms with van der Waals surface area (Å²) in [5.41, 5.74) is 3.45. The predicted molar refractivity (Wildman–Crippen MR) is 73.7 cm³/mol. The van der Waals surface area contributed by atoms with Crippen molar-refractivity contribution in [1.82, 2.24) is 15.2 Å². The number of aryl methyl sites for hydroxylation is 1. The highest BCUT2D eigenvalue weighted by Crippen LogP contribution is 2.21. The molecule has 1 atom stereocenters. The summed E-state index contributed by atoms with van der Waals surface area (Å²) < 4.78 is 0. The standard InChI is InChI=1S/C15H21N3O/c1-11-4-5-13-10-18(8-6-14(13)17-11)15(19)12-3-2-7-16-9-12/h4-5,12,16H,2-3,6-10H2,1H3/t12-/m1/s1. The van der Waals surface area contributed by atoms with Crippen LogP contribution in [-0.4, -0.2) is 35.4 Å². The second-order valence-corrected chi connectivity index (χ2v) is 5.61. The smallest absolute Gasteiger partial charge is 0.227 e. The summed E-state index contributed by atoms with van der Waals surface area (Å²) in [7, 11) is 0. The average Bonchev–Trinajstić information content (AvgIpc) is 2.47. The third kappa shape index (κ3) is 2.63. The van der Waals surface area contributed by atoms with Crippen molar-refractivity contribution in [2.75, 3.05) is 19.6 Å². The maximum absolute atomic E-state index is 12.5. The van der Waals surface area contributed by atoms with Gasteiger partial charge in [-0.05, 0) is 37.9 Å². The normalized spacial score (nSPS) is 23.0. The van der Waals surface area contributed by atoms with Crippen molar-refractivity contribution in [1.29, 1.82) is 0 Å². The number of fused-ring (bicyclic) bond motifs is 1. The number of carbonyl (C=O) groups excluding carboxylic acids is 1. The first kappa shape index (κ1) is 12.6. The summed E-state index contributed by atoms with van der Waals surface area (Å²) in [6, 6.07) is 4.16. The zero-order chi connectivity index (χ0) is 13.2. The van der Waals surface area contributed by atoms with Gasteiger partial charge in [-0.3, -0.25) is 9.78 Å². The van der Waals surface area contributed by atoms with Crippen LogP contribution in [0, 0.1) is 12.8 Å². The molecule has 19 heavy (non-hydrogen) atoms. The Labute approximate surface area is 114 Å². The van der Waals surface area contributed by atoms with Gasteiger partial charge in [0.1, 0.15) is 0 Å². The SMILES string of the molecule is Cc1ccc2c(n1)CCN(C(=O)[C@@H]1CCCNC1)C2. The summed E-state index contributed by atoms with van der Waals surface area (Å²) in [5, 5.41) is 3.32. The molecule has 0 spiro atoms. The Bertz CT molecular complexity index is 480. The molecule has 3 heterocycles. The molecule has 1 saturated heterocycles. The summed E-state index contributed by atoms with van der Waals surface area (Å²) in [4.78, 5) is 19.1. The number of piperidine rings is 1. The van der Waals surface area contributed by atoms with Crippen molar-refractivity contribution in [2.24, 2.45) is 5.92 Å². The maximum Gasteiger partial charge on any atom is 0.227 e. The largest absolute Gasteiger partial charge is 0.338 e. The van der Waals surface area contributed by atoms with E-state index >= 15 is 0 Å². The molecule has 0 saturated carbocycles. The number of amides is 1. The van der Waals surface area contributed by atoms with E-state index in [1.807, 2.05) is 17.9 Å². The molecule has 2 aliphatic rings.